The van der Waals surface area contributed by atoms with Crippen molar-refractivity contribution in [2.45, 2.75) is 31.2 Å². The first kappa shape index (κ1) is 19.0. The van der Waals surface area contributed by atoms with Gasteiger partial charge in [-0.15, -0.1) is 0 Å². The van der Waals surface area contributed by atoms with Gasteiger partial charge in [0.25, 0.3) is 5.69 Å². The first-order chi connectivity index (χ1) is 10.1. The average molecular weight is 394 g/mol. The van der Waals surface area contributed by atoms with E-state index in [0.717, 1.165) is 4.31 Å². The molecular formula is C13H20BrN3O4S. The molecule has 1 rings (SSSR count). The van der Waals surface area contributed by atoms with Gasteiger partial charge in [0.05, 0.1) is 4.92 Å². The molecule has 0 saturated carbocycles. The van der Waals surface area contributed by atoms with Gasteiger partial charge in [0, 0.05) is 30.2 Å². The lowest BCUT2D eigenvalue weighted by Gasteiger charge is -2.21. The molecule has 0 aliphatic rings. The van der Waals surface area contributed by atoms with Crippen molar-refractivity contribution >= 4 is 31.6 Å². The number of sulfonamides is 1. The summed E-state index contributed by atoms with van der Waals surface area (Å²) in [5.41, 5.74) is 5.46. The van der Waals surface area contributed by atoms with E-state index >= 15 is 0 Å². The fourth-order valence-corrected chi connectivity index (χ4v) is 3.47. The van der Waals surface area contributed by atoms with Crippen LogP contribution < -0.4 is 5.73 Å². The fraction of sp³-hybridized carbons (Fsp3) is 0.538. The first-order valence-corrected chi connectivity index (χ1v) is 8.96. The summed E-state index contributed by atoms with van der Waals surface area (Å²) in [5.74, 6) is 0.234. The number of benzene rings is 1. The highest BCUT2D eigenvalue weighted by atomic mass is 79.9. The second kappa shape index (κ2) is 7.49. The molecule has 0 fully saturated rings. The Morgan fingerprint density at radius 3 is 2.50 bits per heavy atom. The molecular weight excluding hydrogens is 374 g/mol. The van der Waals surface area contributed by atoms with Crippen LogP contribution in [-0.2, 0) is 10.0 Å². The summed E-state index contributed by atoms with van der Waals surface area (Å²) < 4.78 is 26.6. The molecule has 2 N–H and O–H groups in total. The maximum Gasteiger partial charge on any atom is 0.290 e. The Kier molecular flexibility index (Phi) is 6.48. The van der Waals surface area contributed by atoms with Crippen molar-refractivity contribution in [2.24, 2.45) is 11.7 Å². The third-order valence-corrected chi connectivity index (χ3v) is 5.84. The fourth-order valence-electron chi connectivity index (χ4n) is 1.80. The van der Waals surface area contributed by atoms with E-state index in [-0.39, 0.29) is 23.4 Å². The van der Waals surface area contributed by atoms with Gasteiger partial charge in [0.1, 0.15) is 0 Å². The van der Waals surface area contributed by atoms with E-state index in [9.17, 15) is 18.5 Å². The van der Waals surface area contributed by atoms with Crippen molar-refractivity contribution in [3.05, 3.63) is 32.8 Å². The normalized spacial score (nSPS) is 13.6. The molecule has 1 aromatic carbocycles. The summed E-state index contributed by atoms with van der Waals surface area (Å²) in [5, 5.41) is 11.1. The maximum absolute atomic E-state index is 12.5. The number of halogens is 1. The van der Waals surface area contributed by atoms with Crippen LogP contribution in [0.5, 0.6) is 0 Å². The van der Waals surface area contributed by atoms with Crippen molar-refractivity contribution in [3.63, 3.8) is 0 Å². The molecule has 124 valence electrons. The Morgan fingerprint density at radius 2 is 2.00 bits per heavy atom. The number of hydrogen-bond acceptors (Lipinski definition) is 5. The monoisotopic (exact) mass is 393 g/mol. The average Bonchev–Trinajstić information content (AvgIpc) is 2.43. The van der Waals surface area contributed by atoms with E-state index in [2.05, 4.69) is 15.9 Å². The highest BCUT2D eigenvalue weighted by Gasteiger charge is 2.29. The molecule has 0 radical (unpaired) electrons. The largest absolute Gasteiger partial charge is 0.327 e. The summed E-state index contributed by atoms with van der Waals surface area (Å²) in [6.45, 7) is 4.12. The molecule has 1 atom stereocenters. The zero-order valence-corrected chi connectivity index (χ0v) is 15.1. The molecule has 0 heterocycles. The summed E-state index contributed by atoms with van der Waals surface area (Å²) >= 11 is 3.10. The number of hydrogen-bond donors (Lipinski definition) is 1. The second-order valence-electron chi connectivity index (χ2n) is 5.39. The van der Waals surface area contributed by atoms with Gasteiger partial charge in [-0.25, -0.2) is 12.7 Å². The highest BCUT2D eigenvalue weighted by Crippen LogP contribution is 2.29. The molecule has 0 saturated heterocycles. The summed E-state index contributed by atoms with van der Waals surface area (Å²) in [4.78, 5) is 10.1. The zero-order valence-electron chi connectivity index (χ0n) is 12.7. The van der Waals surface area contributed by atoms with E-state index in [4.69, 9.17) is 5.73 Å². The minimum atomic E-state index is -3.94. The van der Waals surface area contributed by atoms with Crippen LogP contribution in [0, 0.1) is 16.0 Å². The van der Waals surface area contributed by atoms with Crippen molar-refractivity contribution in [1.82, 2.24) is 4.31 Å². The van der Waals surface area contributed by atoms with Crippen LogP contribution in [0.4, 0.5) is 5.69 Å². The molecule has 1 unspecified atom stereocenters. The van der Waals surface area contributed by atoms with Crippen molar-refractivity contribution < 1.29 is 13.3 Å². The SMILES string of the molecule is CC(C)C(N)CCN(C)S(=O)(=O)c1ccc(Br)cc1[N+](=O)[O-]. The van der Waals surface area contributed by atoms with Gasteiger partial charge in [-0.3, -0.25) is 10.1 Å². The van der Waals surface area contributed by atoms with Gasteiger partial charge in [-0.1, -0.05) is 29.8 Å². The molecule has 0 aliphatic heterocycles. The number of nitro benzene ring substituents is 1. The van der Waals surface area contributed by atoms with Gasteiger partial charge in [0.2, 0.25) is 10.0 Å². The molecule has 0 amide bonds. The molecule has 7 nitrogen and oxygen atoms in total. The molecule has 9 heteroatoms. The van der Waals surface area contributed by atoms with E-state index in [1.54, 1.807) is 0 Å². The third kappa shape index (κ3) is 4.48. The van der Waals surface area contributed by atoms with Crippen LogP contribution in [0.3, 0.4) is 0 Å². The third-order valence-electron chi connectivity index (χ3n) is 3.44. The molecule has 0 aromatic heterocycles. The Morgan fingerprint density at radius 1 is 1.41 bits per heavy atom. The van der Waals surface area contributed by atoms with Crippen LogP contribution in [0.2, 0.25) is 0 Å². The standard InChI is InChI=1S/C13H20BrN3O4S/c1-9(2)11(15)6-7-16(3)22(20,21)13-5-4-10(14)8-12(13)17(18)19/h4-5,8-9,11H,6-7,15H2,1-3H3. The summed E-state index contributed by atoms with van der Waals surface area (Å²) in [6.07, 6.45) is 0.484. The maximum atomic E-state index is 12.5. The lowest BCUT2D eigenvalue weighted by Crippen LogP contribution is -2.34. The lowest BCUT2D eigenvalue weighted by molar-refractivity contribution is -0.387. The second-order valence-corrected chi connectivity index (χ2v) is 8.32. The van der Waals surface area contributed by atoms with Crippen molar-refractivity contribution in [1.29, 1.82) is 0 Å². The topological polar surface area (TPSA) is 107 Å². The molecule has 0 aliphatic carbocycles. The Balaban J connectivity index is 3.06. The number of nitro groups is 1. The van der Waals surface area contributed by atoms with Crippen molar-refractivity contribution in [3.8, 4) is 0 Å². The van der Waals surface area contributed by atoms with Crippen LogP contribution in [0.1, 0.15) is 20.3 Å². The van der Waals surface area contributed by atoms with E-state index in [1.165, 1.54) is 25.2 Å². The predicted molar refractivity (Wildman–Crippen MR) is 88.0 cm³/mol. The summed E-state index contributed by atoms with van der Waals surface area (Å²) in [6, 6.07) is 3.75. The minimum Gasteiger partial charge on any atom is -0.327 e. The van der Waals surface area contributed by atoms with Gasteiger partial charge < -0.3 is 5.73 Å². The van der Waals surface area contributed by atoms with Crippen LogP contribution in [-0.4, -0.2) is 37.3 Å². The van der Waals surface area contributed by atoms with Crippen LogP contribution in [0.15, 0.2) is 27.6 Å². The highest BCUT2D eigenvalue weighted by molar-refractivity contribution is 9.10. The summed E-state index contributed by atoms with van der Waals surface area (Å²) in [7, 11) is -2.54. The predicted octanol–water partition coefficient (Wildman–Crippen LogP) is 2.35. The number of rotatable bonds is 7. The van der Waals surface area contributed by atoms with Crippen LogP contribution in [0.25, 0.3) is 0 Å². The first-order valence-electron chi connectivity index (χ1n) is 6.73. The van der Waals surface area contributed by atoms with Crippen molar-refractivity contribution in [2.75, 3.05) is 13.6 Å². The minimum absolute atomic E-state index is 0.127. The molecule has 22 heavy (non-hydrogen) atoms. The van der Waals surface area contributed by atoms with Gasteiger partial charge in [0.15, 0.2) is 4.90 Å². The Hall–Kier alpha value is -1.03. The van der Waals surface area contributed by atoms with E-state index < -0.39 is 20.6 Å². The van der Waals surface area contributed by atoms with Gasteiger partial charge in [-0.05, 0) is 24.5 Å². The zero-order chi connectivity index (χ0) is 17.1. The number of nitrogens with two attached hydrogens (primary N) is 1. The number of nitrogens with zero attached hydrogens (tertiary/aromatic N) is 2. The van der Waals surface area contributed by atoms with Gasteiger partial charge in [-0.2, -0.15) is 0 Å². The van der Waals surface area contributed by atoms with E-state index in [1.807, 2.05) is 13.8 Å². The van der Waals surface area contributed by atoms with Gasteiger partial charge >= 0.3 is 0 Å². The smallest absolute Gasteiger partial charge is 0.290 e. The van der Waals surface area contributed by atoms with E-state index in [0.29, 0.717) is 10.9 Å². The Labute approximate surface area is 138 Å². The lowest BCUT2D eigenvalue weighted by atomic mass is 10.0. The Bertz CT molecular complexity index is 649. The molecule has 1 aromatic rings. The quantitative estimate of drug-likeness (QED) is 0.564. The van der Waals surface area contributed by atoms with Crippen LogP contribution >= 0.6 is 15.9 Å². The molecule has 0 bridgehead atoms. The molecule has 0 spiro atoms.